The maximum atomic E-state index is 14.0. The number of hydrogen-bond acceptors (Lipinski definition) is 3. The van der Waals surface area contributed by atoms with Crippen molar-refractivity contribution in [1.82, 2.24) is 9.97 Å². The van der Waals surface area contributed by atoms with E-state index >= 15 is 0 Å². The van der Waals surface area contributed by atoms with Gasteiger partial charge in [0.05, 0.1) is 5.69 Å². The van der Waals surface area contributed by atoms with Crippen molar-refractivity contribution in [3.63, 3.8) is 0 Å². The van der Waals surface area contributed by atoms with Crippen LogP contribution in [-0.2, 0) is 12.8 Å². The van der Waals surface area contributed by atoms with Gasteiger partial charge in [-0.2, -0.15) is 0 Å². The number of aromatic nitrogens is 2. The van der Waals surface area contributed by atoms with Crippen molar-refractivity contribution in [2.24, 2.45) is 0 Å². The molecule has 4 heteroatoms. The number of hydrogen-bond donors (Lipinski definition) is 1. The molecule has 1 heterocycles. The van der Waals surface area contributed by atoms with Crippen LogP contribution < -0.4 is 5.32 Å². The van der Waals surface area contributed by atoms with Crippen LogP contribution in [0.15, 0.2) is 36.7 Å². The zero-order valence-electron chi connectivity index (χ0n) is 11.2. The molecule has 0 bridgehead atoms. The summed E-state index contributed by atoms with van der Waals surface area (Å²) in [4.78, 5) is 7.89. The average Bonchev–Trinajstić information content (AvgIpc) is 2.42. The molecular formula is C15H18FN3. The van der Waals surface area contributed by atoms with Crippen LogP contribution in [-0.4, -0.2) is 16.0 Å². The second-order valence-electron chi connectivity index (χ2n) is 4.57. The van der Waals surface area contributed by atoms with Crippen molar-refractivity contribution in [1.29, 1.82) is 0 Å². The average molecular weight is 259 g/mol. The molecule has 0 saturated carbocycles. The highest BCUT2D eigenvalue weighted by molar-refractivity contribution is 5.38. The molecular weight excluding hydrogens is 241 g/mol. The summed E-state index contributed by atoms with van der Waals surface area (Å²) in [5, 5.41) is 3.11. The monoisotopic (exact) mass is 259 g/mol. The van der Waals surface area contributed by atoms with Crippen molar-refractivity contribution in [2.45, 2.75) is 32.7 Å². The van der Waals surface area contributed by atoms with Crippen molar-refractivity contribution >= 4 is 5.82 Å². The predicted molar refractivity (Wildman–Crippen MR) is 74.6 cm³/mol. The Balaban J connectivity index is 2.05. The first-order chi connectivity index (χ1) is 9.20. The Kier molecular flexibility index (Phi) is 4.44. The molecule has 3 nitrogen and oxygen atoms in total. The molecule has 2 aromatic rings. The minimum absolute atomic E-state index is 0.108. The molecule has 0 aliphatic carbocycles. The van der Waals surface area contributed by atoms with Crippen LogP contribution in [0.5, 0.6) is 0 Å². The van der Waals surface area contributed by atoms with Crippen LogP contribution in [0.4, 0.5) is 10.2 Å². The molecule has 19 heavy (non-hydrogen) atoms. The van der Waals surface area contributed by atoms with Gasteiger partial charge in [0.15, 0.2) is 11.6 Å². The molecule has 1 atom stereocenters. The summed E-state index contributed by atoms with van der Waals surface area (Å²) >= 11 is 0. The van der Waals surface area contributed by atoms with Crippen LogP contribution in [0.2, 0.25) is 0 Å². The van der Waals surface area contributed by atoms with Gasteiger partial charge in [0.25, 0.3) is 0 Å². The van der Waals surface area contributed by atoms with Gasteiger partial charge >= 0.3 is 0 Å². The van der Waals surface area contributed by atoms with Crippen molar-refractivity contribution in [3.05, 3.63) is 53.7 Å². The smallest absolute Gasteiger partial charge is 0.186 e. The topological polar surface area (TPSA) is 37.8 Å². The van der Waals surface area contributed by atoms with E-state index < -0.39 is 0 Å². The standard InChI is InChI=1S/C15H18FN3/c1-3-13-14(16)15(18-10-17-13)19-11(2)9-12-7-5-4-6-8-12/h4-8,10-11H,3,9H2,1-2H3,(H,17,18,19). The van der Waals surface area contributed by atoms with E-state index in [2.05, 4.69) is 27.4 Å². The third kappa shape index (κ3) is 3.50. The summed E-state index contributed by atoms with van der Waals surface area (Å²) in [7, 11) is 0. The number of nitrogens with zero attached hydrogens (tertiary/aromatic N) is 2. The number of halogens is 1. The fourth-order valence-electron chi connectivity index (χ4n) is 2.01. The molecule has 1 aromatic carbocycles. The molecule has 0 fully saturated rings. The van der Waals surface area contributed by atoms with Gasteiger partial charge in [-0.25, -0.2) is 14.4 Å². The lowest BCUT2D eigenvalue weighted by atomic mass is 10.1. The maximum Gasteiger partial charge on any atom is 0.186 e. The molecule has 2 rings (SSSR count). The van der Waals surface area contributed by atoms with Crippen LogP contribution in [0.25, 0.3) is 0 Å². The first-order valence-corrected chi connectivity index (χ1v) is 6.50. The van der Waals surface area contributed by atoms with Crippen LogP contribution in [0.1, 0.15) is 25.1 Å². The Bertz CT molecular complexity index is 528. The molecule has 0 spiro atoms. The van der Waals surface area contributed by atoms with Crippen molar-refractivity contribution < 1.29 is 4.39 Å². The van der Waals surface area contributed by atoms with Crippen LogP contribution in [0.3, 0.4) is 0 Å². The second-order valence-corrected chi connectivity index (χ2v) is 4.57. The van der Waals surface area contributed by atoms with E-state index in [1.807, 2.05) is 32.0 Å². The Morgan fingerprint density at radius 3 is 2.63 bits per heavy atom. The van der Waals surface area contributed by atoms with Crippen molar-refractivity contribution in [3.8, 4) is 0 Å². The Hall–Kier alpha value is -1.97. The number of benzene rings is 1. The highest BCUT2D eigenvalue weighted by atomic mass is 19.1. The van der Waals surface area contributed by atoms with Crippen molar-refractivity contribution in [2.75, 3.05) is 5.32 Å². The van der Waals surface area contributed by atoms with Gasteiger partial charge in [-0.05, 0) is 25.3 Å². The minimum Gasteiger partial charge on any atom is -0.365 e. The molecule has 1 aromatic heterocycles. The van der Waals surface area contributed by atoms with Gasteiger partial charge in [0, 0.05) is 6.04 Å². The maximum absolute atomic E-state index is 14.0. The van der Waals surface area contributed by atoms with Gasteiger partial charge in [-0.3, -0.25) is 0 Å². The lowest BCUT2D eigenvalue weighted by Crippen LogP contribution is -2.20. The molecule has 0 radical (unpaired) electrons. The van der Waals surface area contributed by atoms with Gasteiger partial charge < -0.3 is 5.32 Å². The summed E-state index contributed by atoms with van der Waals surface area (Å²) in [6, 6.07) is 10.2. The molecule has 0 aliphatic heterocycles. The van der Waals surface area contributed by atoms with E-state index in [0.29, 0.717) is 12.1 Å². The Labute approximate surface area is 112 Å². The first-order valence-electron chi connectivity index (χ1n) is 6.50. The van der Waals surface area contributed by atoms with E-state index in [-0.39, 0.29) is 17.7 Å². The van der Waals surface area contributed by atoms with E-state index in [4.69, 9.17) is 0 Å². The lowest BCUT2D eigenvalue weighted by Gasteiger charge is -2.15. The van der Waals surface area contributed by atoms with Crippen LogP contribution >= 0.6 is 0 Å². The molecule has 1 N–H and O–H groups in total. The minimum atomic E-state index is -0.343. The summed E-state index contributed by atoms with van der Waals surface area (Å²) in [5.41, 5.74) is 1.66. The molecule has 0 amide bonds. The zero-order chi connectivity index (χ0) is 13.7. The normalized spacial score (nSPS) is 12.2. The Morgan fingerprint density at radius 1 is 1.21 bits per heavy atom. The SMILES string of the molecule is CCc1ncnc(NC(C)Cc2ccccc2)c1F. The van der Waals surface area contributed by atoms with Gasteiger partial charge in [0.2, 0.25) is 0 Å². The quantitative estimate of drug-likeness (QED) is 0.896. The third-order valence-corrected chi connectivity index (χ3v) is 2.96. The largest absolute Gasteiger partial charge is 0.365 e. The van der Waals surface area contributed by atoms with Gasteiger partial charge in [-0.1, -0.05) is 37.3 Å². The number of nitrogens with one attached hydrogen (secondary N) is 1. The van der Waals surface area contributed by atoms with E-state index in [0.717, 1.165) is 6.42 Å². The lowest BCUT2D eigenvalue weighted by molar-refractivity contribution is 0.592. The third-order valence-electron chi connectivity index (χ3n) is 2.96. The fourth-order valence-corrected chi connectivity index (χ4v) is 2.01. The highest BCUT2D eigenvalue weighted by Crippen LogP contribution is 2.15. The van der Waals surface area contributed by atoms with Crippen LogP contribution in [0, 0.1) is 5.82 Å². The zero-order valence-corrected chi connectivity index (χ0v) is 11.2. The van der Waals surface area contributed by atoms with E-state index in [9.17, 15) is 4.39 Å². The summed E-state index contributed by atoms with van der Waals surface area (Å²) in [6.07, 6.45) is 2.79. The first kappa shape index (κ1) is 13.5. The molecule has 1 unspecified atom stereocenters. The fraction of sp³-hybridized carbons (Fsp3) is 0.333. The number of anilines is 1. The summed E-state index contributed by atoms with van der Waals surface area (Å²) < 4.78 is 14.0. The predicted octanol–water partition coefficient (Wildman–Crippen LogP) is 3.22. The second kappa shape index (κ2) is 6.27. The molecule has 0 saturated heterocycles. The highest BCUT2D eigenvalue weighted by Gasteiger charge is 2.12. The molecule has 0 aliphatic rings. The Morgan fingerprint density at radius 2 is 1.95 bits per heavy atom. The molecule has 100 valence electrons. The summed E-state index contributed by atoms with van der Waals surface area (Å²) in [6.45, 7) is 3.89. The number of aryl methyl sites for hydroxylation is 1. The van der Waals surface area contributed by atoms with Gasteiger partial charge in [-0.15, -0.1) is 0 Å². The van der Waals surface area contributed by atoms with E-state index in [1.54, 1.807) is 0 Å². The summed E-state index contributed by atoms with van der Waals surface area (Å²) in [5.74, 6) is -0.0554. The number of rotatable bonds is 5. The van der Waals surface area contributed by atoms with Gasteiger partial charge in [0.1, 0.15) is 6.33 Å². The van der Waals surface area contributed by atoms with E-state index in [1.165, 1.54) is 11.9 Å².